The summed E-state index contributed by atoms with van der Waals surface area (Å²) in [5, 5.41) is 0. The molecule has 0 bridgehead atoms. The van der Waals surface area contributed by atoms with Crippen molar-refractivity contribution in [1.82, 2.24) is 4.57 Å². The number of carbonyl (C=O) groups is 1. The number of nitrogens with one attached hydrogen (secondary N) is 1. The Morgan fingerprint density at radius 2 is 1.66 bits per heavy atom. The highest BCUT2D eigenvalue weighted by molar-refractivity contribution is 7.92. The monoisotopic (exact) mass is 418 g/mol. The van der Waals surface area contributed by atoms with Crippen LogP contribution in [0, 0.1) is 11.8 Å². The van der Waals surface area contributed by atoms with Crippen LogP contribution in [-0.4, -0.2) is 24.5 Å². The molecule has 3 aromatic rings. The Morgan fingerprint density at radius 3 is 2.24 bits per heavy atom. The summed E-state index contributed by atoms with van der Waals surface area (Å²) >= 11 is 0. The number of rotatable bonds is 7. The normalized spacial score (nSPS) is 11.4. The minimum atomic E-state index is -3.40. The van der Waals surface area contributed by atoms with E-state index < -0.39 is 33.1 Å². The van der Waals surface area contributed by atoms with E-state index in [0.717, 1.165) is 4.57 Å². The van der Waals surface area contributed by atoms with E-state index in [1.165, 1.54) is 26.1 Å². The maximum Gasteiger partial charge on any atom is 0.232 e. The molecule has 0 atom stereocenters. The largest absolute Gasteiger partial charge is 0.321 e. The molecule has 0 amide bonds. The molecule has 0 unspecified atom stereocenters. The van der Waals surface area contributed by atoms with Gasteiger partial charge in [0.2, 0.25) is 21.8 Å². The molecular formula is C21H20F2N2O3S. The molecule has 1 heterocycles. The van der Waals surface area contributed by atoms with Crippen molar-refractivity contribution in [2.45, 2.75) is 13.3 Å². The average molecular weight is 418 g/mol. The van der Waals surface area contributed by atoms with E-state index >= 15 is 0 Å². The number of halogens is 2. The van der Waals surface area contributed by atoms with E-state index in [1.807, 2.05) is 0 Å². The van der Waals surface area contributed by atoms with Gasteiger partial charge in [0.05, 0.1) is 11.4 Å². The molecule has 29 heavy (non-hydrogen) atoms. The predicted molar refractivity (Wildman–Crippen MR) is 108 cm³/mol. The zero-order valence-electron chi connectivity index (χ0n) is 15.9. The number of sulfonamides is 1. The van der Waals surface area contributed by atoms with Crippen LogP contribution in [0.3, 0.4) is 0 Å². The van der Waals surface area contributed by atoms with Crippen LogP contribution in [0.1, 0.15) is 34.1 Å². The van der Waals surface area contributed by atoms with Gasteiger partial charge >= 0.3 is 0 Å². The fourth-order valence-corrected chi connectivity index (χ4v) is 3.57. The van der Waals surface area contributed by atoms with Crippen LogP contribution in [0.4, 0.5) is 14.5 Å². The minimum absolute atomic E-state index is 0.0312. The van der Waals surface area contributed by atoms with Gasteiger partial charge in [-0.2, -0.15) is 4.39 Å². The summed E-state index contributed by atoms with van der Waals surface area (Å²) < 4.78 is 56.3. The molecule has 2 aromatic carbocycles. The molecule has 0 aliphatic carbocycles. The fraction of sp³-hybridized carbons (Fsp3) is 0.190. The van der Waals surface area contributed by atoms with Crippen molar-refractivity contribution in [3.8, 4) is 0 Å². The summed E-state index contributed by atoms with van der Waals surface area (Å²) in [6.07, 6.45) is 0.0438. The Balaban J connectivity index is 1.88. The van der Waals surface area contributed by atoms with E-state index in [4.69, 9.17) is 0 Å². The maximum atomic E-state index is 15.0. The van der Waals surface area contributed by atoms with E-state index in [9.17, 15) is 22.0 Å². The number of hydrogen-bond donors (Lipinski definition) is 1. The first kappa shape index (κ1) is 20.7. The summed E-state index contributed by atoms with van der Waals surface area (Å²) in [4.78, 5) is 12.6. The van der Waals surface area contributed by atoms with Crippen molar-refractivity contribution in [2.24, 2.45) is 7.05 Å². The van der Waals surface area contributed by atoms with Gasteiger partial charge in [-0.15, -0.1) is 0 Å². The fourth-order valence-electron chi connectivity index (χ4n) is 2.93. The quantitative estimate of drug-likeness (QED) is 0.592. The lowest BCUT2D eigenvalue weighted by Gasteiger charge is -2.08. The number of benzene rings is 2. The second-order valence-electron chi connectivity index (χ2n) is 6.56. The molecule has 1 aromatic heterocycles. The van der Waals surface area contributed by atoms with Gasteiger partial charge in [-0.1, -0.05) is 42.5 Å². The smallest absolute Gasteiger partial charge is 0.232 e. The van der Waals surface area contributed by atoms with Gasteiger partial charge in [0, 0.05) is 24.7 Å². The molecule has 0 aliphatic heterocycles. The first-order valence-corrected chi connectivity index (χ1v) is 10.6. The third-order valence-corrected chi connectivity index (χ3v) is 5.93. The number of hydrogen-bond acceptors (Lipinski definition) is 3. The molecule has 3 rings (SSSR count). The Kier molecular flexibility index (Phi) is 5.83. The van der Waals surface area contributed by atoms with Gasteiger partial charge in [-0.25, -0.2) is 12.8 Å². The molecule has 0 aliphatic rings. The van der Waals surface area contributed by atoms with Crippen molar-refractivity contribution in [3.63, 3.8) is 0 Å². The molecule has 8 heteroatoms. The van der Waals surface area contributed by atoms with Crippen molar-refractivity contribution >= 4 is 21.5 Å². The Bertz CT molecular complexity index is 1140. The first-order chi connectivity index (χ1) is 13.7. The van der Waals surface area contributed by atoms with Crippen LogP contribution in [0.5, 0.6) is 0 Å². The molecule has 152 valence electrons. The second-order valence-corrected chi connectivity index (χ2v) is 8.57. The standard InChI is InChI=1S/C21H20F2N2O3S/c1-3-29(27,28)24-16-11-9-14(10-12-16)13-17-19(22)18(21(23)25(17)2)20(26)15-7-5-4-6-8-15/h4-12,24H,3,13H2,1-2H3. The van der Waals surface area contributed by atoms with Gasteiger partial charge in [0.15, 0.2) is 5.82 Å². The SMILES string of the molecule is CCS(=O)(=O)Nc1ccc(Cc2c(F)c(C(=O)c3ccccc3)c(F)n2C)cc1. The second kappa shape index (κ2) is 8.16. The Morgan fingerprint density at radius 1 is 1.03 bits per heavy atom. The molecule has 0 saturated heterocycles. The summed E-state index contributed by atoms with van der Waals surface area (Å²) in [6, 6.07) is 14.3. The van der Waals surface area contributed by atoms with Gasteiger partial charge in [-0.05, 0) is 24.6 Å². The third-order valence-electron chi connectivity index (χ3n) is 4.62. The van der Waals surface area contributed by atoms with Crippen LogP contribution in [0.25, 0.3) is 0 Å². The zero-order valence-corrected chi connectivity index (χ0v) is 16.8. The predicted octanol–water partition coefficient (Wildman–Crippen LogP) is 3.89. The van der Waals surface area contributed by atoms with Gasteiger partial charge < -0.3 is 4.57 Å². The number of anilines is 1. The molecule has 0 fully saturated rings. The van der Waals surface area contributed by atoms with Crippen LogP contribution >= 0.6 is 0 Å². The maximum absolute atomic E-state index is 15.0. The van der Waals surface area contributed by atoms with Gasteiger partial charge in [0.1, 0.15) is 5.56 Å². The highest BCUT2D eigenvalue weighted by Crippen LogP contribution is 2.25. The van der Waals surface area contributed by atoms with E-state index in [2.05, 4.69) is 4.72 Å². The van der Waals surface area contributed by atoms with Gasteiger partial charge in [0.25, 0.3) is 0 Å². The molecule has 1 N–H and O–H groups in total. The summed E-state index contributed by atoms with van der Waals surface area (Å²) in [5.74, 6) is -2.60. The zero-order chi connectivity index (χ0) is 21.2. The number of ketones is 1. The van der Waals surface area contributed by atoms with Crippen LogP contribution in [-0.2, 0) is 23.5 Å². The minimum Gasteiger partial charge on any atom is -0.321 e. The summed E-state index contributed by atoms with van der Waals surface area (Å²) in [5.41, 5.74) is 0.677. The van der Waals surface area contributed by atoms with E-state index in [1.54, 1.807) is 42.5 Å². The lowest BCUT2D eigenvalue weighted by atomic mass is 10.0. The lowest BCUT2D eigenvalue weighted by molar-refractivity contribution is 0.103. The third kappa shape index (κ3) is 4.37. The molecule has 0 spiro atoms. The summed E-state index contributed by atoms with van der Waals surface area (Å²) in [6.45, 7) is 1.53. The van der Waals surface area contributed by atoms with Gasteiger partial charge in [-0.3, -0.25) is 9.52 Å². The average Bonchev–Trinajstić information content (AvgIpc) is 2.92. The van der Waals surface area contributed by atoms with Crippen molar-refractivity contribution in [3.05, 3.63) is 88.7 Å². The van der Waals surface area contributed by atoms with E-state index in [-0.39, 0.29) is 23.4 Å². The number of nitrogens with zero attached hydrogens (tertiary/aromatic N) is 1. The highest BCUT2D eigenvalue weighted by Gasteiger charge is 2.27. The molecule has 0 radical (unpaired) electrons. The van der Waals surface area contributed by atoms with Crippen LogP contribution in [0.15, 0.2) is 54.6 Å². The first-order valence-electron chi connectivity index (χ1n) is 8.95. The Labute approximate surface area is 168 Å². The lowest BCUT2D eigenvalue weighted by Crippen LogP contribution is -2.14. The molecule has 5 nitrogen and oxygen atoms in total. The van der Waals surface area contributed by atoms with Crippen molar-refractivity contribution in [1.29, 1.82) is 0 Å². The molecular weight excluding hydrogens is 398 g/mol. The number of aromatic nitrogens is 1. The Hall–Kier alpha value is -3.00. The number of carbonyl (C=O) groups excluding carboxylic acids is 1. The van der Waals surface area contributed by atoms with Crippen LogP contribution in [0.2, 0.25) is 0 Å². The van der Waals surface area contributed by atoms with E-state index in [0.29, 0.717) is 11.3 Å². The van der Waals surface area contributed by atoms with Crippen molar-refractivity contribution in [2.75, 3.05) is 10.5 Å². The topological polar surface area (TPSA) is 68.2 Å². The highest BCUT2D eigenvalue weighted by atomic mass is 32.2. The summed E-state index contributed by atoms with van der Waals surface area (Å²) in [7, 11) is -2.04. The van der Waals surface area contributed by atoms with Crippen molar-refractivity contribution < 1.29 is 22.0 Å². The molecule has 0 saturated carbocycles. The van der Waals surface area contributed by atoms with Crippen LogP contribution < -0.4 is 4.72 Å².